The number of carbonyl (C=O) groups is 2. The first-order chi connectivity index (χ1) is 12.5. The summed E-state index contributed by atoms with van der Waals surface area (Å²) in [5.74, 6) is -0.725. The molecule has 26 heavy (non-hydrogen) atoms. The summed E-state index contributed by atoms with van der Waals surface area (Å²) in [6.07, 6.45) is 3.51. The molecule has 0 spiro atoms. The second kappa shape index (κ2) is 7.56. The highest BCUT2D eigenvalue weighted by molar-refractivity contribution is 6.19. The topological polar surface area (TPSA) is 52.6 Å². The van der Waals surface area contributed by atoms with Crippen LogP contribution in [0.3, 0.4) is 0 Å². The first-order valence-electron chi connectivity index (χ1n) is 8.59. The SMILES string of the molecule is COC(=O)C1=C[C@@H](Cc2ccc(C)cc2)Cc2cccc(C(=O)OC)c21. The van der Waals surface area contributed by atoms with Crippen LogP contribution in [0.2, 0.25) is 0 Å². The normalized spacial score (nSPS) is 15.7. The van der Waals surface area contributed by atoms with Gasteiger partial charge in [-0.15, -0.1) is 0 Å². The zero-order valence-electron chi connectivity index (χ0n) is 15.2. The van der Waals surface area contributed by atoms with Gasteiger partial charge < -0.3 is 9.47 Å². The molecule has 0 heterocycles. The number of allylic oxidation sites excluding steroid dienone is 1. The fourth-order valence-corrected chi connectivity index (χ4v) is 3.47. The van der Waals surface area contributed by atoms with Crippen LogP contribution in [-0.2, 0) is 27.1 Å². The molecule has 0 radical (unpaired) electrons. The Morgan fingerprint density at radius 1 is 1.00 bits per heavy atom. The third-order valence-corrected chi connectivity index (χ3v) is 4.73. The molecule has 1 aliphatic rings. The van der Waals surface area contributed by atoms with Crippen LogP contribution >= 0.6 is 0 Å². The van der Waals surface area contributed by atoms with Gasteiger partial charge in [-0.05, 0) is 42.9 Å². The number of hydrogen-bond donors (Lipinski definition) is 0. The van der Waals surface area contributed by atoms with E-state index in [2.05, 4.69) is 31.2 Å². The number of rotatable bonds is 4. The number of hydrogen-bond acceptors (Lipinski definition) is 4. The first-order valence-corrected chi connectivity index (χ1v) is 8.59. The molecular weight excluding hydrogens is 328 g/mol. The van der Waals surface area contributed by atoms with E-state index < -0.39 is 11.9 Å². The summed E-state index contributed by atoms with van der Waals surface area (Å²) in [7, 11) is 2.69. The van der Waals surface area contributed by atoms with Crippen molar-refractivity contribution in [2.45, 2.75) is 19.8 Å². The zero-order valence-corrected chi connectivity index (χ0v) is 15.2. The molecule has 2 aromatic carbocycles. The van der Waals surface area contributed by atoms with Crippen LogP contribution in [0.15, 0.2) is 48.5 Å². The second-order valence-electron chi connectivity index (χ2n) is 6.56. The van der Waals surface area contributed by atoms with E-state index in [0.29, 0.717) is 16.7 Å². The highest BCUT2D eigenvalue weighted by Crippen LogP contribution is 2.34. The van der Waals surface area contributed by atoms with Gasteiger partial charge in [0.25, 0.3) is 0 Å². The number of fused-ring (bicyclic) bond motifs is 1. The smallest absolute Gasteiger partial charge is 0.338 e. The predicted molar refractivity (Wildman–Crippen MR) is 99.9 cm³/mol. The number of methoxy groups -OCH3 is 2. The minimum Gasteiger partial charge on any atom is -0.465 e. The van der Waals surface area contributed by atoms with Crippen molar-refractivity contribution < 1.29 is 19.1 Å². The summed E-state index contributed by atoms with van der Waals surface area (Å²) in [5.41, 5.74) is 4.87. The third-order valence-electron chi connectivity index (χ3n) is 4.73. The largest absolute Gasteiger partial charge is 0.465 e. The summed E-state index contributed by atoms with van der Waals surface area (Å²) >= 11 is 0. The van der Waals surface area contributed by atoms with Gasteiger partial charge in [0.15, 0.2) is 0 Å². The van der Waals surface area contributed by atoms with Gasteiger partial charge in [0.1, 0.15) is 0 Å². The summed E-state index contributed by atoms with van der Waals surface area (Å²) < 4.78 is 9.85. The molecule has 0 aliphatic heterocycles. The van der Waals surface area contributed by atoms with E-state index in [9.17, 15) is 9.59 Å². The Bertz CT molecular complexity index is 862. The molecule has 0 N–H and O–H groups in total. The van der Waals surface area contributed by atoms with E-state index in [-0.39, 0.29) is 5.92 Å². The van der Waals surface area contributed by atoms with Crippen molar-refractivity contribution in [3.05, 3.63) is 76.4 Å². The van der Waals surface area contributed by atoms with Crippen molar-refractivity contribution in [1.82, 2.24) is 0 Å². The summed E-state index contributed by atoms with van der Waals surface area (Å²) in [5, 5.41) is 0. The minimum atomic E-state index is -0.450. The Morgan fingerprint density at radius 3 is 2.35 bits per heavy atom. The number of aryl methyl sites for hydroxylation is 1. The number of benzene rings is 2. The molecular formula is C22H22O4. The van der Waals surface area contributed by atoms with Crippen LogP contribution in [0.5, 0.6) is 0 Å². The van der Waals surface area contributed by atoms with E-state index in [0.717, 1.165) is 18.4 Å². The molecule has 0 amide bonds. The highest BCUT2D eigenvalue weighted by atomic mass is 16.5. The van der Waals surface area contributed by atoms with E-state index >= 15 is 0 Å². The van der Waals surface area contributed by atoms with Gasteiger partial charge in [-0.2, -0.15) is 0 Å². The van der Waals surface area contributed by atoms with Gasteiger partial charge in [-0.1, -0.05) is 48.0 Å². The van der Waals surface area contributed by atoms with Crippen LogP contribution in [0.4, 0.5) is 0 Å². The van der Waals surface area contributed by atoms with Crippen LogP contribution in [-0.4, -0.2) is 26.2 Å². The monoisotopic (exact) mass is 350 g/mol. The molecule has 4 nitrogen and oxygen atoms in total. The Hall–Kier alpha value is -2.88. The predicted octanol–water partition coefficient (Wildman–Crippen LogP) is 3.75. The van der Waals surface area contributed by atoms with Crippen molar-refractivity contribution in [3.63, 3.8) is 0 Å². The fourth-order valence-electron chi connectivity index (χ4n) is 3.47. The first kappa shape index (κ1) is 17.9. The van der Waals surface area contributed by atoms with Crippen LogP contribution in [0.25, 0.3) is 5.57 Å². The van der Waals surface area contributed by atoms with Gasteiger partial charge in [-0.3, -0.25) is 0 Å². The summed E-state index contributed by atoms with van der Waals surface area (Å²) in [6.45, 7) is 2.06. The lowest BCUT2D eigenvalue weighted by Gasteiger charge is -2.25. The van der Waals surface area contributed by atoms with E-state index in [4.69, 9.17) is 9.47 Å². The maximum Gasteiger partial charge on any atom is 0.338 e. The number of carbonyl (C=O) groups excluding carboxylic acids is 2. The molecule has 2 aromatic rings. The minimum absolute atomic E-state index is 0.159. The van der Waals surface area contributed by atoms with E-state index in [1.54, 1.807) is 6.07 Å². The molecule has 134 valence electrons. The maximum atomic E-state index is 12.4. The van der Waals surface area contributed by atoms with Gasteiger partial charge in [0, 0.05) is 5.56 Å². The van der Waals surface area contributed by atoms with Crippen LogP contribution < -0.4 is 0 Å². The average molecular weight is 350 g/mol. The Kier molecular flexibility index (Phi) is 5.21. The molecule has 0 unspecified atom stereocenters. The van der Waals surface area contributed by atoms with Gasteiger partial charge >= 0.3 is 11.9 Å². The lowest BCUT2D eigenvalue weighted by molar-refractivity contribution is -0.133. The second-order valence-corrected chi connectivity index (χ2v) is 6.56. The summed E-state index contributed by atoms with van der Waals surface area (Å²) in [4.78, 5) is 24.5. The van der Waals surface area contributed by atoms with Crippen LogP contribution in [0, 0.1) is 12.8 Å². The highest BCUT2D eigenvalue weighted by Gasteiger charge is 2.29. The molecule has 4 heteroatoms. The quantitative estimate of drug-likeness (QED) is 0.788. The molecule has 0 saturated heterocycles. The third kappa shape index (κ3) is 3.54. The van der Waals surface area contributed by atoms with Gasteiger partial charge in [0.05, 0.1) is 25.4 Å². The molecule has 1 atom stereocenters. The molecule has 0 fully saturated rings. The zero-order chi connectivity index (χ0) is 18.7. The average Bonchev–Trinajstić information content (AvgIpc) is 2.67. The van der Waals surface area contributed by atoms with Crippen molar-refractivity contribution in [1.29, 1.82) is 0 Å². The molecule has 3 rings (SSSR count). The van der Waals surface area contributed by atoms with Crippen molar-refractivity contribution in [3.8, 4) is 0 Å². The molecule has 0 bridgehead atoms. The maximum absolute atomic E-state index is 12.4. The van der Waals surface area contributed by atoms with Gasteiger partial charge in [-0.25, -0.2) is 9.59 Å². The number of esters is 2. The molecule has 1 aliphatic carbocycles. The fraction of sp³-hybridized carbons (Fsp3) is 0.273. The van der Waals surface area contributed by atoms with E-state index in [1.165, 1.54) is 25.3 Å². The van der Waals surface area contributed by atoms with Crippen LogP contribution in [0.1, 0.15) is 32.6 Å². The van der Waals surface area contributed by atoms with Gasteiger partial charge in [0.2, 0.25) is 0 Å². The van der Waals surface area contributed by atoms with Crippen molar-refractivity contribution in [2.24, 2.45) is 5.92 Å². The Labute approximate surface area is 153 Å². The summed E-state index contributed by atoms with van der Waals surface area (Å²) in [6, 6.07) is 13.9. The Balaban J connectivity index is 2.01. The van der Waals surface area contributed by atoms with E-state index in [1.807, 2.05) is 18.2 Å². The lowest BCUT2D eigenvalue weighted by atomic mass is 9.80. The standard InChI is InChI=1S/C22H22O4/c1-14-7-9-15(10-8-14)11-16-12-17-5-4-6-18(21(23)25-2)20(17)19(13-16)22(24)26-3/h4-10,13,16H,11-12H2,1-3H3/t16-/m0/s1. The van der Waals surface area contributed by atoms with Crippen molar-refractivity contribution in [2.75, 3.05) is 14.2 Å². The molecule has 0 saturated carbocycles. The Morgan fingerprint density at radius 2 is 1.69 bits per heavy atom. The number of ether oxygens (including phenoxy) is 2. The lowest BCUT2D eigenvalue weighted by Crippen LogP contribution is -2.20. The van der Waals surface area contributed by atoms with Crippen molar-refractivity contribution >= 4 is 17.5 Å². The molecule has 0 aromatic heterocycles.